The van der Waals surface area contributed by atoms with Gasteiger partial charge in [0.05, 0.1) is 30.2 Å². The standard InChI is InChI=1S/C15H16ClN3O3S/c1-10-3-4-17-9-14(10)18-15(20)7-11-5-12(16)8-13(6-11)19-23(2,21)22/h3-6,8-9,19H,7H2,1-2H3,(H,18,20). The summed E-state index contributed by atoms with van der Waals surface area (Å²) >= 11 is 5.97. The molecule has 0 aliphatic heterocycles. The highest BCUT2D eigenvalue weighted by molar-refractivity contribution is 7.92. The fourth-order valence-electron chi connectivity index (χ4n) is 2.00. The molecule has 0 saturated carbocycles. The molecule has 0 radical (unpaired) electrons. The molecule has 0 bridgehead atoms. The average Bonchev–Trinajstić information content (AvgIpc) is 2.38. The van der Waals surface area contributed by atoms with E-state index >= 15 is 0 Å². The molecular formula is C15H16ClN3O3S. The molecule has 2 aromatic rings. The zero-order valence-electron chi connectivity index (χ0n) is 12.6. The number of rotatable bonds is 5. The summed E-state index contributed by atoms with van der Waals surface area (Å²) in [6.07, 6.45) is 4.33. The number of anilines is 2. The third-order valence-corrected chi connectivity index (χ3v) is 3.76. The second kappa shape index (κ2) is 6.97. The number of carbonyl (C=O) groups excluding carboxylic acids is 1. The number of nitrogens with zero attached hydrogens (tertiary/aromatic N) is 1. The Bertz CT molecular complexity index is 838. The molecule has 2 rings (SSSR count). The number of hydrogen-bond donors (Lipinski definition) is 2. The van der Waals surface area contributed by atoms with Crippen LogP contribution < -0.4 is 10.0 Å². The van der Waals surface area contributed by atoms with Gasteiger partial charge in [-0.25, -0.2) is 8.42 Å². The van der Waals surface area contributed by atoms with Crippen LogP contribution >= 0.6 is 11.6 Å². The smallest absolute Gasteiger partial charge is 0.229 e. The zero-order chi connectivity index (χ0) is 17.0. The third-order valence-electron chi connectivity index (χ3n) is 2.94. The molecule has 2 N–H and O–H groups in total. The van der Waals surface area contributed by atoms with E-state index in [1.54, 1.807) is 30.6 Å². The lowest BCUT2D eigenvalue weighted by atomic mass is 10.1. The molecule has 6 nitrogen and oxygen atoms in total. The Morgan fingerprint density at radius 2 is 2.04 bits per heavy atom. The Balaban J connectivity index is 2.13. The number of pyridine rings is 1. The van der Waals surface area contributed by atoms with Gasteiger partial charge in [-0.1, -0.05) is 11.6 Å². The van der Waals surface area contributed by atoms with Gasteiger partial charge in [-0.15, -0.1) is 0 Å². The van der Waals surface area contributed by atoms with Crippen molar-refractivity contribution >= 4 is 38.9 Å². The first kappa shape index (κ1) is 17.2. The largest absolute Gasteiger partial charge is 0.324 e. The summed E-state index contributed by atoms with van der Waals surface area (Å²) in [7, 11) is -3.41. The topological polar surface area (TPSA) is 88.2 Å². The molecule has 0 aliphatic rings. The first-order chi connectivity index (χ1) is 10.7. The molecule has 1 amide bonds. The van der Waals surface area contributed by atoms with Crippen LogP contribution in [0.4, 0.5) is 11.4 Å². The molecule has 1 aromatic heterocycles. The first-order valence-corrected chi connectivity index (χ1v) is 8.97. The van der Waals surface area contributed by atoms with Gasteiger partial charge in [0.25, 0.3) is 0 Å². The van der Waals surface area contributed by atoms with E-state index in [2.05, 4.69) is 15.0 Å². The van der Waals surface area contributed by atoms with Crippen LogP contribution in [0.2, 0.25) is 5.02 Å². The molecule has 1 aromatic carbocycles. The maximum Gasteiger partial charge on any atom is 0.229 e. The van der Waals surface area contributed by atoms with E-state index in [9.17, 15) is 13.2 Å². The quantitative estimate of drug-likeness (QED) is 0.864. The highest BCUT2D eigenvalue weighted by atomic mass is 35.5. The molecule has 0 spiro atoms. The number of carbonyl (C=O) groups is 1. The minimum Gasteiger partial charge on any atom is -0.324 e. The summed E-state index contributed by atoms with van der Waals surface area (Å²) in [6, 6.07) is 6.46. The van der Waals surface area contributed by atoms with Crippen LogP contribution in [0.5, 0.6) is 0 Å². The van der Waals surface area contributed by atoms with Gasteiger partial charge >= 0.3 is 0 Å². The lowest BCUT2D eigenvalue weighted by Gasteiger charge is -2.10. The summed E-state index contributed by atoms with van der Waals surface area (Å²) in [5.74, 6) is -0.242. The van der Waals surface area contributed by atoms with Crippen molar-refractivity contribution in [2.45, 2.75) is 13.3 Å². The predicted octanol–water partition coefficient (Wildman–Crippen LogP) is 2.60. The number of benzene rings is 1. The summed E-state index contributed by atoms with van der Waals surface area (Å²) < 4.78 is 24.9. The van der Waals surface area contributed by atoms with E-state index in [0.29, 0.717) is 22.0 Å². The lowest BCUT2D eigenvalue weighted by Crippen LogP contribution is -2.16. The van der Waals surface area contributed by atoms with E-state index in [1.165, 1.54) is 6.07 Å². The molecule has 1 heterocycles. The number of sulfonamides is 1. The lowest BCUT2D eigenvalue weighted by molar-refractivity contribution is -0.115. The van der Waals surface area contributed by atoms with E-state index in [1.807, 2.05) is 6.92 Å². The van der Waals surface area contributed by atoms with Gasteiger partial charge in [0, 0.05) is 11.2 Å². The number of hydrogen-bond acceptors (Lipinski definition) is 4. The highest BCUT2D eigenvalue weighted by Crippen LogP contribution is 2.21. The van der Waals surface area contributed by atoms with Gasteiger partial charge in [-0.05, 0) is 42.3 Å². The van der Waals surface area contributed by atoms with Crippen LogP contribution in [0, 0.1) is 6.92 Å². The number of aryl methyl sites for hydroxylation is 1. The maximum atomic E-state index is 12.1. The molecule has 0 saturated heterocycles. The number of aromatic nitrogens is 1. The van der Waals surface area contributed by atoms with E-state index < -0.39 is 10.0 Å². The zero-order valence-corrected chi connectivity index (χ0v) is 14.2. The normalized spacial score (nSPS) is 11.1. The highest BCUT2D eigenvalue weighted by Gasteiger charge is 2.09. The molecule has 8 heteroatoms. The molecule has 0 atom stereocenters. The third kappa shape index (κ3) is 5.54. The first-order valence-electron chi connectivity index (χ1n) is 6.71. The summed E-state index contributed by atoms with van der Waals surface area (Å²) in [5, 5.41) is 3.11. The Morgan fingerprint density at radius 1 is 1.30 bits per heavy atom. The Labute approximate surface area is 139 Å². The molecular weight excluding hydrogens is 338 g/mol. The maximum absolute atomic E-state index is 12.1. The average molecular weight is 354 g/mol. The van der Waals surface area contributed by atoms with E-state index in [-0.39, 0.29) is 12.3 Å². The van der Waals surface area contributed by atoms with Crippen LogP contribution in [-0.4, -0.2) is 25.6 Å². The molecule has 0 fully saturated rings. The molecule has 23 heavy (non-hydrogen) atoms. The molecule has 0 aliphatic carbocycles. The van der Waals surface area contributed by atoms with Crippen molar-refractivity contribution < 1.29 is 13.2 Å². The summed E-state index contributed by atoms with van der Waals surface area (Å²) in [4.78, 5) is 16.1. The number of nitrogens with one attached hydrogen (secondary N) is 2. The number of amides is 1. The van der Waals surface area contributed by atoms with Gasteiger partial charge in [-0.2, -0.15) is 0 Å². The Hall–Kier alpha value is -2.12. The summed E-state index contributed by atoms with van der Waals surface area (Å²) in [5.41, 5.74) is 2.45. The van der Waals surface area contributed by atoms with Crippen molar-refractivity contribution in [1.82, 2.24) is 4.98 Å². The Morgan fingerprint density at radius 3 is 2.70 bits per heavy atom. The molecule has 0 unspecified atom stereocenters. The van der Waals surface area contributed by atoms with Gasteiger partial charge < -0.3 is 5.32 Å². The van der Waals surface area contributed by atoms with Crippen LogP contribution in [-0.2, 0) is 21.2 Å². The second-order valence-corrected chi connectivity index (χ2v) is 7.32. The van der Waals surface area contributed by atoms with Crippen LogP contribution in [0.3, 0.4) is 0 Å². The van der Waals surface area contributed by atoms with E-state index in [4.69, 9.17) is 11.6 Å². The Kier molecular flexibility index (Phi) is 5.23. The fourth-order valence-corrected chi connectivity index (χ4v) is 2.80. The second-order valence-electron chi connectivity index (χ2n) is 5.14. The van der Waals surface area contributed by atoms with Crippen LogP contribution in [0.1, 0.15) is 11.1 Å². The van der Waals surface area contributed by atoms with Crippen molar-refractivity contribution in [3.8, 4) is 0 Å². The molecule has 122 valence electrons. The van der Waals surface area contributed by atoms with Crippen molar-refractivity contribution in [2.24, 2.45) is 0 Å². The predicted molar refractivity (Wildman–Crippen MR) is 91.2 cm³/mol. The minimum absolute atomic E-state index is 0.0628. The number of halogens is 1. The van der Waals surface area contributed by atoms with Crippen molar-refractivity contribution in [1.29, 1.82) is 0 Å². The SMILES string of the molecule is Cc1ccncc1NC(=O)Cc1cc(Cl)cc(NS(C)(=O)=O)c1. The fraction of sp³-hybridized carbons (Fsp3) is 0.200. The van der Waals surface area contributed by atoms with E-state index in [0.717, 1.165) is 11.8 Å². The van der Waals surface area contributed by atoms with Crippen molar-refractivity contribution in [2.75, 3.05) is 16.3 Å². The van der Waals surface area contributed by atoms with Gasteiger partial charge in [0.1, 0.15) is 0 Å². The van der Waals surface area contributed by atoms with Crippen LogP contribution in [0.15, 0.2) is 36.7 Å². The van der Waals surface area contributed by atoms with Crippen molar-refractivity contribution in [3.05, 3.63) is 52.8 Å². The van der Waals surface area contributed by atoms with Gasteiger partial charge in [0.15, 0.2) is 0 Å². The van der Waals surface area contributed by atoms with Crippen molar-refractivity contribution in [3.63, 3.8) is 0 Å². The monoisotopic (exact) mass is 353 g/mol. The minimum atomic E-state index is -3.41. The van der Waals surface area contributed by atoms with Gasteiger partial charge in [-0.3, -0.25) is 14.5 Å². The summed E-state index contributed by atoms with van der Waals surface area (Å²) in [6.45, 7) is 1.87. The van der Waals surface area contributed by atoms with Gasteiger partial charge in [0.2, 0.25) is 15.9 Å². The van der Waals surface area contributed by atoms with Crippen LogP contribution in [0.25, 0.3) is 0 Å².